The number of aliphatic imine (C=N–C) groups is 1. The van der Waals surface area contributed by atoms with Gasteiger partial charge < -0.3 is 20.7 Å². The van der Waals surface area contributed by atoms with Crippen molar-refractivity contribution in [1.82, 2.24) is 9.88 Å². The summed E-state index contributed by atoms with van der Waals surface area (Å²) in [5.41, 5.74) is 10.4. The van der Waals surface area contributed by atoms with Crippen LogP contribution in [0.15, 0.2) is 77.8 Å². The van der Waals surface area contributed by atoms with Crippen molar-refractivity contribution in [3.8, 4) is 5.88 Å². The highest BCUT2D eigenvalue weighted by atomic mass is 16.3. The summed E-state index contributed by atoms with van der Waals surface area (Å²) in [6.45, 7) is 0.804. The molecule has 0 unspecified atom stereocenters. The Balaban J connectivity index is 1.91. The minimum Gasteiger partial charge on any atom is -0.494 e. The molecule has 1 amide bonds. The number of fused-ring (bicyclic) bond motifs is 1. The fraction of sp³-hybridized carbons (Fsp3) is 0.120. The van der Waals surface area contributed by atoms with Gasteiger partial charge in [-0.05, 0) is 43.9 Å². The maximum atomic E-state index is 11.6. The molecule has 1 aromatic heterocycles. The lowest BCUT2D eigenvalue weighted by Crippen LogP contribution is -2.10. The molecule has 0 aliphatic rings. The van der Waals surface area contributed by atoms with Crippen LogP contribution in [0.4, 0.5) is 5.69 Å². The average Bonchev–Trinajstić information content (AvgIpc) is 3.07. The molecule has 0 saturated carbocycles. The fourth-order valence-corrected chi connectivity index (χ4v) is 3.66. The summed E-state index contributed by atoms with van der Waals surface area (Å²) in [5, 5.41) is 11.5. The van der Waals surface area contributed by atoms with Gasteiger partial charge in [0, 0.05) is 28.6 Å². The summed E-state index contributed by atoms with van der Waals surface area (Å²) < 4.78 is 0. The van der Waals surface area contributed by atoms with Gasteiger partial charge in [0.05, 0.1) is 17.0 Å². The van der Waals surface area contributed by atoms with Crippen LogP contribution in [-0.2, 0) is 6.54 Å². The number of nitrogens with two attached hydrogens (primary N) is 1. The van der Waals surface area contributed by atoms with Gasteiger partial charge in [0.25, 0.3) is 0 Å². The van der Waals surface area contributed by atoms with E-state index in [4.69, 9.17) is 10.7 Å². The lowest BCUT2D eigenvalue weighted by molar-refractivity contribution is 0.100. The molecule has 4 N–H and O–H groups in total. The molecule has 0 aliphatic heterocycles. The van der Waals surface area contributed by atoms with Gasteiger partial charge in [-0.2, -0.15) is 0 Å². The number of nitrogens with zero attached hydrogens (tertiary/aromatic N) is 2. The lowest BCUT2D eigenvalue weighted by Gasteiger charge is -2.11. The minimum absolute atomic E-state index is 0.0105. The number of aromatic nitrogens is 1. The lowest BCUT2D eigenvalue weighted by atomic mass is 10.00. The van der Waals surface area contributed by atoms with Crippen molar-refractivity contribution in [2.75, 3.05) is 14.1 Å². The second-order valence-electron chi connectivity index (χ2n) is 7.71. The molecule has 3 aromatic carbocycles. The van der Waals surface area contributed by atoms with E-state index in [1.165, 1.54) is 0 Å². The first-order chi connectivity index (χ1) is 14.9. The molecular formula is C25H24N4O2. The van der Waals surface area contributed by atoms with E-state index < -0.39 is 5.91 Å². The average molecular weight is 412 g/mol. The summed E-state index contributed by atoms with van der Waals surface area (Å²) in [7, 11) is 4.05. The van der Waals surface area contributed by atoms with Crippen molar-refractivity contribution in [3.63, 3.8) is 0 Å². The SMILES string of the molecule is CN(C)Cc1cccc(N=C(c2ccccc2)c2c(O)[nH]c3cc(C(N)=O)ccc23)c1. The fourth-order valence-electron chi connectivity index (χ4n) is 3.66. The molecule has 0 radical (unpaired) electrons. The van der Waals surface area contributed by atoms with Gasteiger partial charge in [0.2, 0.25) is 5.91 Å². The number of nitrogens with one attached hydrogen (secondary N) is 1. The number of primary amides is 1. The summed E-state index contributed by atoms with van der Waals surface area (Å²) in [5.74, 6) is -0.532. The molecule has 0 saturated heterocycles. The van der Waals surface area contributed by atoms with Crippen molar-refractivity contribution in [2.24, 2.45) is 10.7 Å². The van der Waals surface area contributed by atoms with Gasteiger partial charge in [-0.15, -0.1) is 0 Å². The summed E-state index contributed by atoms with van der Waals surface area (Å²) in [6, 6.07) is 22.8. The third-order valence-electron chi connectivity index (χ3n) is 5.00. The van der Waals surface area contributed by atoms with Crippen LogP contribution in [-0.4, -0.2) is 40.7 Å². The van der Waals surface area contributed by atoms with Crippen LogP contribution in [0.1, 0.15) is 27.0 Å². The molecule has 0 bridgehead atoms. The quantitative estimate of drug-likeness (QED) is 0.414. The number of carbonyl (C=O) groups excluding carboxylic acids is 1. The Morgan fingerprint density at radius 3 is 2.48 bits per heavy atom. The van der Waals surface area contributed by atoms with Crippen LogP contribution in [0.25, 0.3) is 10.9 Å². The molecular weight excluding hydrogens is 388 g/mol. The standard InChI is InChI=1S/C25H24N4O2/c1-29(2)15-16-7-6-10-19(13-16)27-23(17-8-4-3-5-9-17)22-20-12-11-18(24(26)30)14-21(20)28-25(22)31/h3-14,28,31H,15H2,1-2H3,(H2,26,30). The number of hydrogen-bond donors (Lipinski definition) is 3. The maximum absolute atomic E-state index is 11.6. The maximum Gasteiger partial charge on any atom is 0.248 e. The Kier molecular flexibility index (Phi) is 5.56. The molecule has 0 atom stereocenters. The van der Waals surface area contributed by atoms with Crippen LogP contribution in [0.5, 0.6) is 5.88 Å². The Morgan fingerprint density at radius 2 is 1.77 bits per heavy atom. The van der Waals surface area contributed by atoms with E-state index in [2.05, 4.69) is 16.0 Å². The minimum atomic E-state index is -0.521. The van der Waals surface area contributed by atoms with Gasteiger partial charge in [0.15, 0.2) is 5.88 Å². The zero-order chi connectivity index (χ0) is 22.0. The number of H-pyrrole nitrogens is 1. The van der Waals surface area contributed by atoms with Crippen molar-refractivity contribution in [3.05, 3.63) is 95.1 Å². The summed E-state index contributed by atoms with van der Waals surface area (Å²) in [4.78, 5) is 21.6. The molecule has 0 aliphatic carbocycles. The summed E-state index contributed by atoms with van der Waals surface area (Å²) >= 11 is 0. The van der Waals surface area contributed by atoms with Gasteiger partial charge >= 0.3 is 0 Å². The predicted molar refractivity (Wildman–Crippen MR) is 124 cm³/mol. The van der Waals surface area contributed by atoms with Crippen LogP contribution in [0.3, 0.4) is 0 Å². The molecule has 6 heteroatoms. The van der Waals surface area contributed by atoms with E-state index in [0.717, 1.165) is 28.7 Å². The number of carbonyl (C=O) groups is 1. The Labute approximate surface area is 180 Å². The molecule has 0 spiro atoms. The highest BCUT2D eigenvalue weighted by molar-refractivity contribution is 6.22. The normalized spacial score (nSPS) is 11.9. The van der Waals surface area contributed by atoms with Crippen molar-refractivity contribution in [1.29, 1.82) is 0 Å². The predicted octanol–water partition coefficient (Wildman–Crippen LogP) is 4.20. The van der Waals surface area contributed by atoms with Crippen LogP contribution in [0, 0.1) is 0 Å². The summed E-state index contributed by atoms with van der Waals surface area (Å²) in [6.07, 6.45) is 0. The van der Waals surface area contributed by atoms with Crippen molar-refractivity contribution in [2.45, 2.75) is 6.54 Å². The molecule has 31 heavy (non-hydrogen) atoms. The number of hydrogen-bond acceptors (Lipinski definition) is 4. The number of aromatic amines is 1. The monoisotopic (exact) mass is 412 g/mol. The number of benzene rings is 3. The molecule has 156 valence electrons. The second kappa shape index (κ2) is 8.45. The molecule has 1 heterocycles. The number of aromatic hydroxyl groups is 1. The first kappa shape index (κ1) is 20.4. The van der Waals surface area contributed by atoms with E-state index in [-0.39, 0.29) is 5.88 Å². The van der Waals surface area contributed by atoms with Gasteiger partial charge in [0.1, 0.15) is 0 Å². The largest absolute Gasteiger partial charge is 0.494 e. The van der Waals surface area contributed by atoms with E-state index in [1.807, 2.05) is 62.6 Å². The Hall–Kier alpha value is -3.90. The third kappa shape index (κ3) is 4.34. The second-order valence-corrected chi connectivity index (χ2v) is 7.71. The van der Waals surface area contributed by atoms with Gasteiger partial charge in [-0.25, -0.2) is 4.99 Å². The van der Waals surface area contributed by atoms with E-state index in [9.17, 15) is 9.90 Å². The zero-order valence-corrected chi connectivity index (χ0v) is 17.5. The Bertz CT molecular complexity index is 1270. The van der Waals surface area contributed by atoms with Crippen LogP contribution < -0.4 is 5.73 Å². The molecule has 4 aromatic rings. The van der Waals surface area contributed by atoms with Crippen molar-refractivity contribution < 1.29 is 9.90 Å². The molecule has 4 rings (SSSR count). The zero-order valence-electron chi connectivity index (χ0n) is 17.5. The number of amides is 1. The smallest absolute Gasteiger partial charge is 0.248 e. The van der Waals surface area contributed by atoms with Gasteiger partial charge in [-0.1, -0.05) is 48.5 Å². The van der Waals surface area contributed by atoms with E-state index in [1.54, 1.807) is 18.2 Å². The van der Waals surface area contributed by atoms with Gasteiger partial charge in [-0.3, -0.25) is 4.79 Å². The molecule has 0 fully saturated rings. The number of rotatable bonds is 6. The highest BCUT2D eigenvalue weighted by Gasteiger charge is 2.19. The first-order valence-electron chi connectivity index (χ1n) is 9.95. The first-order valence-corrected chi connectivity index (χ1v) is 9.95. The van der Waals surface area contributed by atoms with E-state index >= 15 is 0 Å². The topological polar surface area (TPSA) is 94.7 Å². The Morgan fingerprint density at radius 1 is 1.00 bits per heavy atom. The van der Waals surface area contributed by atoms with Crippen molar-refractivity contribution >= 4 is 28.2 Å². The van der Waals surface area contributed by atoms with Crippen LogP contribution >= 0.6 is 0 Å². The van der Waals surface area contributed by atoms with E-state index in [0.29, 0.717) is 22.4 Å². The molecule has 6 nitrogen and oxygen atoms in total. The highest BCUT2D eigenvalue weighted by Crippen LogP contribution is 2.32. The van der Waals surface area contributed by atoms with Crippen LogP contribution in [0.2, 0.25) is 0 Å². The third-order valence-corrected chi connectivity index (χ3v) is 5.00.